The number of carbonyl (C=O) groups excluding carboxylic acids is 2. The summed E-state index contributed by atoms with van der Waals surface area (Å²) in [6.07, 6.45) is 4.73. The molecule has 158 valence electrons. The van der Waals surface area contributed by atoms with E-state index in [1.807, 2.05) is 12.1 Å². The summed E-state index contributed by atoms with van der Waals surface area (Å²) >= 11 is 0. The van der Waals surface area contributed by atoms with Crippen molar-refractivity contribution in [3.63, 3.8) is 0 Å². The lowest BCUT2D eigenvalue weighted by atomic mass is 9.67. The van der Waals surface area contributed by atoms with Crippen LogP contribution in [0.3, 0.4) is 0 Å². The van der Waals surface area contributed by atoms with Crippen LogP contribution in [0.25, 0.3) is 0 Å². The zero-order valence-corrected chi connectivity index (χ0v) is 17.2. The molecule has 0 aromatic heterocycles. The number of hydrogen-bond acceptors (Lipinski definition) is 3. The Bertz CT molecular complexity index is 915. The van der Waals surface area contributed by atoms with Gasteiger partial charge < -0.3 is 15.7 Å². The van der Waals surface area contributed by atoms with E-state index >= 15 is 0 Å². The molecule has 3 N–H and O–H groups in total. The highest BCUT2D eigenvalue weighted by atomic mass is 16.4. The van der Waals surface area contributed by atoms with E-state index in [4.69, 9.17) is 5.11 Å². The molecule has 0 radical (unpaired) electrons. The van der Waals surface area contributed by atoms with Crippen LogP contribution in [-0.2, 0) is 15.0 Å². The van der Waals surface area contributed by atoms with Crippen molar-refractivity contribution in [3.8, 4) is 0 Å². The molecule has 1 saturated carbocycles. The molecule has 2 aromatic rings. The molecule has 30 heavy (non-hydrogen) atoms. The summed E-state index contributed by atoms with van der Waals surface area (Å²) in [6.45, 7) is 2.13. The van der Waals surface area contributed by atoms with Gasteiger partial charge in [-0.15, -0.1) is 0 Å². The topological polar surface area (TPSA) is 95.5 Å². The Hall–Kier alpha value is -3.15. The molecule has 0 saturated heterocycles. The lowest BCUT2D eigenvalue weighted by molar-refractivity contribution is -0.136. The normalized spacial score (nSPS) is 15.2. The number of nitrogens with one attached hydrogen (secondary N) is 2. The minimum absolute atomic E-state index is 0.00448. The predicted octanol–water partition coefficient (Wildman–Crippen LogP) is 4.04. The molecule has 6 nitrogen and oxygen atoms in total. The summed E-state index contributed by atoms with van der Waals surface area (Å²) in [6, 6.07) is 14.8. The molecular formula is C24H28N2O4. The summed E-state index contributed by atoms with van der Waals surface area (Å²) in [4.78, 5) is 36.1. The van der Waals surface area contributed by atoms with Crippen LogP contribution in [-0.4, -0.2) is 29.4 Å². The third-order valence-corrected chi connectivity index (χ3v) is 5.83. The Morgan fingerprint density at radius 1 is 0.967 bits per heavy atom. The van der Waals surface area contributed by atoms with Crippen molar-refractivity contribution in [2.75, 3.05) is 11.9 Å². The van der Waals surface area contributed by atoms with Crippen molar-refractivity contribution in [2.24, 2.45) is 0 Å². The van der Waals surface area contributed by atoms with Gasteiger partial charge in [-0.25, -0.2) is 0 Å². The SMILES string of the molecule is Cc1ccccc1C1(C(=O)Nc2ccc(C(=O)NCCC(=O)O)cc2)CCCCC1. The third-order valence-electron chi connectivity index (χ3n) is 5.83. The standard InChI is InChI=1S/C24H28N2O4/c1-17-7-3-4-8-20(17)24(14-5-2-6-15-24)23(30)26-19-11-9-18(10-12-19)22(29)25-16-13-21(27)28/h3-4,7-12H,2,5-6,13-16H2,1H3,(H,25,29)(H,26,30)(H,27,28). The van der Waals surface area contributed by atoms with Crippen molar-refractivity contribution < 1.29 is 19.5 Å². The summed E-state index contributed by atoms with van der Waals surface area (Å²) in [5.74, 6) is -1.30. The van der Waals surface area contributed by atoms with Crippen molar-refractivity contribution in [1.82, 2.24) is 5.32 Å². The summed E-state index contributed by atoms with van der Waals surface area (Å²) in [7, 11) is 0. The van der Waals surface area contributed by atoms with Crippen molar-refractivity contribution in [1.29, 1.82) is 0 Å². The first-order valence-corrected chi connectivity index (χ1v) is 10.4. The van der Waals surface area contributed by atoms with Crippen LogP contribution in [0, 0.1) is 6.92 Å². The van der Waals surface area contributed by atoms with Gasteiger partial charge in [-0.2, -0.15) is 0 Å². The molecule has 6 heteroatoms. The van der Waals surface area contributed by atoms with E-state index in [0.29, 0.717) is 11.3 Å². The average molecular weight is 408 g/mol. The van der Waals surface area contributed by atoms with Crippen LogP contribution in [0.2, 0.25) is 0 Å². The van der Waals surface area contributed by atoms with Gasteiger partial charge in [-0.05, 0) is 55.2 Å². The van der Waals surface area contributed by atoms with E-state index < -0.39 is 11.4 Å². The minimum atomic E-state index is -0.960. The first-order valence-electron chi connectivity index (χ1n) is 10.4. The fraction of sp³-hybridized carbons (Fsp3) is 0.375. The van der Waals surface area contributed by atoms with E-state index in [1.54, 1.807) is 24.3 Å². The number of rotatable bonds is 7. The van der Waals surface area contributed by atoms with Gasteiger partial charge in [0.15, 0.2) is 0 Å². The van der Waals surface area contributed by atoms with Crippen LogP contribution in [0.15, 0.2) is 48.5 Å². The summed E-state index contributed by atoms with van der Waals surface area (Å²) in [5.41, 5.74) is 2.75. The van der Waals surface area contributed by atoms with Gasteiger partial charge in [-0.1, -0.05) is 43.5 Å². The number of anilines is 1. The van der Waals surface area contributed by atoms with Gasteiger partial charge in [-0.3, -0.25) is 14.4 Å². The second-order valence-corrected chi connectivity index (χ2v) is 7.89. The molecule has 2 amide bonds. The van der Waals surface area contributed by atoms with Gasteiger partial charge in [0.25, 0.3) is 5.91 Å². The van der Waals surface area contributed by atoms with Crippen molar-refractivity contribution >= 4 is 23.5 Å². The molecule has 0 atom stereocenters. The van der Waals surface area contributed by atoms with Crippen LogP contribution in [0.5, 0.6) is 0 Å². The van der Waals surface area contributed by atoms with Crippen LogP contribution >= 0.6 is 0 Å². The fourth-order valence-corrected chi connectivity index (χ4v) is 4.22. The van der Waals surface area contributed by atoms with E-state index in [1.165, 1.54) is 0 Å². The van der Waals surface area contributed by atoms with Gasteiger partial charge in [0.1, 0.15) is 0 Å². The largest absolute Gasteiger partial charge is 0.481 e. The Morgan fingerprint density at radius 2 is 1.63 bits per heavy atom. The Morgan fingerprint density at radius 3 is 2.27 bits per heavy atom. The third kappa shape index (κ3) is 4.87. The number of benzene rings is 2. The number of amides is 2. The highest BCUT2D eigenvalue weighted by Crippen LogP contribution is 2.41. The highest BCUT2D eigenvalue weighted by Gasteiger charge is 2.41. The molecule has 1 aliphatic carbocycles. The quantitative estimate of drug-likeness (QED) is 0.644. The summed E-state index contributed by atoms with van der Waals surface area (Å²) < 4.78 is 0. The first-order chi connectivity index (χ1) is 14.4. The Labute approximate surface area is 176 Å². The Kier molecular flexibility index (Phi) is 6.87. The molecule has 0 spiro atoms. The minimum Gasteiger partial charge on any atom is -0.481 e. The van der Waals surface area contributed by atoms with Crippen molar-refractivity contribution in [3.05, 3.63) is 65.2 Å². The number of carboxylic acids is 1. The molecule has 1 aliphatic rings. The maximum atomic E-state index is 13.4. The molecule has 0 unspecified atom stereocenters. The van der Waals surface area contributed by atoms with Gasteiger partial charge in [0.2, 0.25) is 5.91 Å². The fourth-order valence-electron chi connectivity index (χ4n) is 4.22. The van der Waals surface area contributed by atoms with Crippen LogP contribution < -0.4 is 10.6 Å². The lowest BCUT2D eigenvalue weighted by Crippen LogP contribution is -2.42. The van der Waals surface area contributed by atoms with E-state index in [2.05, 4.69) is 29.7 Å². The monoisotopic (exact) mass is 408 g/mol. The molecular weight excluding hydrogens is 380 g/mol. The van der Waals surface area contributed by atoms with E-state index in [9.17, 15) is 14.4 Å². The number of carbonyl (C=O) groups is 3. The zero-order chi connectivity index (χ0) is 21.6. The molecule has 1 fully saturated rings. The van der Waals surface area contributed by atoms with Crippen LogP contribution in [0.4, 0.5) is 5.69 Å². The number of aliphatic carboxylic acids is 1. The van der Waals surface area contributed by atoms with Gasteiger partial charge in [0, 0.05) is 17.8 Å². The molecule has 3 rings (SSSR count). The average Bonchev–Trinajstić information content (AvgIpc) is 2.74. The molecule has 0 heterocycles. The zero-order valence-electron chi connectivity index (χ0n) is 17.2. The number of aryl methyl sites for hydroxylation is 1. The first kappa shape index (κ1) is 21.6. The highest BCUT2D eigenvalue weighted by molar-refractivity contribution is 6.00. The summed E-state index contributed by atoms with van der Waals surface area (Å²) in [5, 5.41) is 14.3. The predicted molar refractivity (Wildman–Crippen MR) is 116 cm³/mol. The van der Waals surface area contributed by atoms with Crippen LogP contribution in [0.1, 0.15) is 60.0 Å². The number of hydrogen-bond donors (Lipinski definition) is 3. The lowest BCUT2D eigenvalue weighted by Gasteiger charge is -2.37. The smallest absolute Gasteiger partial charge is 0.305 e. The van der Waals surface area contributed by atoms with Gasteiger partial charge >= 0.3 is 5.97 Å². The maximum Gasteiger partial charge on any atom is 0.305 e. The second-order valence-electron chi connectivity index (χ2n) is 7.89. The second kappa shape index (κ2) is 9.57. The number of carboxylic acid groups (broad SMARTS) is 1. The van der Waals surface area contributed by atoms with E-state index in [-0.39, 0.29) is 24.8 Å². The van der Waals surface area contributed by atoms with E-state index in [0.717, 1.165) is 43.2 Å². The maximum absolute atomic E-state index is 13.4. The molecule has 0 aliphatic heterocycles. The molecule has 0 bridgehead atoms. The van der Waals surface area contributed by atoms with Gasteiger partial charge in [0.05, 0.1) is 11.8 Å². The van der Waals surface area contributed by atoms with Crippen molar-refractivity contribution in [2.45, 2.75) is 50.9 Å². The Balaban J connectivity index is 1.73. The molecule has 2 aromatic carbocycles.